The molecule has 6 aromatic rings. The number of carboxylic acid groups (broad SMARTS) is 1. The van der Waals surface area contributed by atoms with Crippen LogP contribution in [-0.2, 0) is 36.0 Å². The van der Waals surface area contributed by atoms with Crippen LogP contribution in [0.4, 0.5) is 11.5 Å². The zero-order chi connectivity index (χ0) is 38.1. The molecule has 1 N–H and O–H groups in total. The standard InChI is InChI=1S/C43H49N7O4/c1-25-31(20-35(51)52)39(50-18-16-43(6,7)21-34(50)54-42(3,4)5)36(37(47-25)32-22-46-48(8)26(32)2)28-13-14-29-23-49(17-15-27(29)19-28)41-40-38(44-24-45-41)30-11-9-10-12-33(30)53-40/h9-14,19,22,24,34H,15-18,20-21,23H2,1-8H3,(H,51,52). The normalized spacial score (nSPS) is 17.4. The van der Waals surface area contributed by atoms with Crippen LogP contribution in [0.3, 0.4) is 0 Å². The lowest BCUT2D eigenvalue weighted by Gasteiger charge is -2.47. The van der Waals surface area contributed by atoms with Gasteiger partial charge in [-0.1, -0.05) is 44.2 Å². The fraction of sp³-hybridized carbons (Fsp3) is 0.419. The zero-order valence-corrected chi connectivity index (χ0v) is 32.5. The Morgan fingerprint density at radius 2 is 1.87 bits per heavy atom. The molecule has 2 aliphatic heterocycles. The second-order valence-corrected chi connectivity index (χ2v) is 16.7. The maximum absolute atomic E-state index is 12.6. The molecule has 280 valence electrons. The van der Waals surface area contributed by atoms with E-state index in [4.69, 9.17) is 19.1 Å². The summed E-state index contributed by atoms with van der Waals surface area (Å²) in [5.74, 6) is -0.0987. The molecule has 0 radical (unpaired) electrons. The van der Waals surface area contributed by atoms with Crippen LogP contribution in [0.25, 0.3) is 44.5 Å². The summed E-state index contributed by atoms with van der Waals surface area (Å²) in [7, 11) is 1.94. The third-order valence-electron chi connectivity index (χ3n) is 11.1. The number of carboxylic acids is 1. The van der Waals surface area contributed by atoms with E-state index in [9.17, 15) is 9.90 Å². The number of fused-ring (bicyclic) bond motifs is 4. The molecule has 2 aromatic carbocycles. The minimum atomic E-state index is -0.892. The molecule has 0 amide bonds. The molecule has 8 rings (SSSR count). The van der Waals surface area contributed by atoms with Gasteiger partial charge < -0.3 is 24.1 Å². The molecule has 1 fully saturated rings. The fourth-order valence-corrected chi connectivity index (χ4v) is 8.25. The molecule has 0 spiro atoms. The third-order valence-corrected chi connectivity index (χ3v) is 11.1. The zero-order valence-electron chi connectivity index (χ0n) is 32.5. The Morgan fingerprint density at radius 3 is 2.61 bits per heavy atom. The lowest BCUT2D eigenvalue weighted by atomic mass is 9.80. The Hall–Kier alpha value is -5.29. The first-order valence-corrected chi connectivity index (χ1v) is 18.9. The van der Waals surface area contributed by atoms with Crippen molar-refractivity contribution in [2.75, 3.05) is 22.9 Å². The minimum Gasteiger partial charge on any atom is -0.481 e. The number of aromatic nitrogens is 5. The van der Waals surface area contributed by atoms with Crippen molar-refractivity contribution in [3.8, 4) is 22.4 Å². The molecule has 1 saturated heterocycles. The number of rotatable bonds is 7. The number of hydrogen-bond acceptors (Lipinski definition) is 9. The number of piperidine rings is 1. The van der Waals surface area contributed by atoms with Gasteiger partial charge in [-0.05, 0) is 88.1 Å². The summed E-state index contributed by atoms with van der Waals surface area (Å²) in [6.45, 7) is 17.0. The van der Waals surface area contributed by atoms with Gasteiger partial charge in [0.25, 0.3) is 0 Å². The van der Waals surface area contributed by atoms with Gasteiger partial charge in [-0.3, -0.25) is 14.5 Å². The van der Waals surface area contributed by atoms with E-state index in [0.29, 0.717) is 23.4 Å². The van der Waals surface area contributed by atoms with E-state index in [1.807, 2.05) is 49.1 Å². The largest absolute Gasteiger partial charge is 0.481 e. The van der Waals surface area contributed by atoms with Crippen molar-refractivity contribution < 1.29 is 19.1 Å². The highest BCUT2D eigenvalue weighted by molar-refractivity contribution is 6.05. The van der Waals surface area contributed by atoms with Crippen molar-refractivity contribution in [3.05, 3.63) is 83.1 Å². The molecule has 6 heterocycles. The molecule has 0 bridgehead atoms. The van der Waals surface area contributed by atoms with Gasteiger partial charge in [-0.15, -0.1) is 0 Å². The summed E-state index contributed by atoms with van der Waals surface area (Å²) >= 11 is 0. The first-order valence-electron chi connectivity index (χ1n) is 18.9. The number of benzene rings is 2. The Morgan fingerprint density at radius 1 is 1.07 bits per heavy atom. The van der Waals surface area contributed by atoms with Crippen LogP contribution in [0.5, 0.6) is 0 Å². The molecular formula is C43H49N7O4. The van der Waals surface area contributed by atoms with E-state index in [1.54, 1.807) is 6.33 Å². The Labute approximate surface area is 316 Å². The Kier molecular flexibility index (Phi) is 8.75. The monoisotopic (exact) mass is 727 g/mol. The van der Waals surface area contributed by atoms with Crippen LogP contribution in [0.15, 0.2) is 59.4 Å². The summed E-state index contributed by atoms with van der Waals surface area (Å²) in [4.78, 5) is 31.7. The van der Waals surface area contributed by atoms with E-state index in [0.717, 1.165) is 88.4 Å². The number of hydrogen-bond donors (Lipinski definition) is 1. The summed E-state index contributed by atoms with van der Waals surface area (Å²) in [6, 6.07) is 14.6. The molecule has 54 heavy (non-hydrogen) atoms. The van der Waals surface area contributed by atoms with E-state index in [2.05, 4.69) is 79.6 Å². The highest BCUT2D eigenvalue weighted by Gasteiger charge is 2.39. The number of furan rings is 1. The molecule has 0 aliphatic carbocycles. The molecule has 4 aromatic heterocycles. The lowest BCUT2D eigenvalue weighted by Crippen LogP contribution is -2.50. The van der Waals surface area contributed by atoms with Crippen LogP contribution < -0.4 is 9.80 Å². The SMILES string of the molecule is Cc1nc(-c2cnn(C)c2C)c(-c2ccc3c(c2)CCN(c2ncnc4c2oc2ccccc24)C3)c(N2CCC(C)(C)CC2OC(C)(C)C)c1CC(=O)O. The average molecular weight is 728 g/mol. The van der Waals surface area contributed by atoms with E-state index in [1.165, 1.54) is 11.1 Å². The number of aryl methyl sites for hydroxylation is 2. The summed E-state index contributed by atoms with van der Waals surface area (Å²) in [5.41, 5.74) is 11.3. The van der Waals surface area contributed by atoms with Gasteiger partial charge in [-0.2, -0.15) is 5.10 Å². The Balaban J connectivity index is 1.29. The van der Waals surface area contributed by atoms with Crippen LogP contribution in [0, 0.1) is 19.3 Å². The molecule has 0 saturated carbocycles. The van der Waals surface area contributed by atoms with Gasteiger partial charge in [0.2, 0.25) is 0 Å². The van der Waals surface area contributed by atoms with E-state index < -0.39 is 11.6 Å². The molecule has 11 nitrogen and oxygen atoms in total. The second kappa shape index (κ2) is 13.2. The molecule has 1 atom stereocenters. The van der Waals surface area contributed by atoms with Crippen LogP contribution in [-0.4, -0.2) is 60.7 Å². The van der Waals surface area contributed by atoms with Crippen LogP contribution in [0.1, 0.15) is 75.5 Å². The van der Waals surface area contributed by atoms with Crippen molar-refractivity contribution >= 4 is 39.5 Å². The predicted octanol–water partition coefficient (Wildman–Crippen LogP) is 8.41. The first kappa shape index (κ1) is 35.7. The van der Waals surface area contributed by atoms with Gasteiger partial charge >= 0.3 is 5.97 Å². The van der Waals surface area contributed by atoms with Crippen molar-refractivity contribution in [1.82, 2.24) is 24.7 Å². The maximum Gasteiger partial charge on any atom is 0.307 e. The van der Waals surface area contributed by atoms with Gasteiger partial charge in [0.15, 0.2) is 11.4 Å². The summed E-state index contributed by atoms with van der Waals surface area (Å²) in [6.07, 6.45) is 5.62. The number of aliphatic carboxylic acids is 1. The summed E-state index contributed by atoms with van der Waals surface area (Å²) in [5, 5.41) is 15.9. The quantitative estimate of drug-likeness (QED) is 0.172. The molecular weight excluding hydrogens is 679 g/mol. The average Bonchev–Trinajstić information content (AvgIpc) is 3.66. The molecule has 1 unspecified atom stereocenters. The number of carbonyl (C=O) groups is 1. The molecule has 2 aliphatic rings. The summed E-state index contributed by atoms with van der Waals surface area (Å²) < 4.78 is 15.0. The lowest BCUT2D eigenvalue weighted by molar-refractivity contribution is -0.136. The highest BCUT2D eigenvalue weighted by atomic mass is 16.5. The van der Waals surface area contributed by atoms with Crippen LogP contribution in [0.2, 0.25) is 0 Å². The van der Waals surface area contributed by atoms with E-state index in [-0.39, 0.29) is 18.1 Å². The number of pyridine rings is 1. The minimum absolute atomic E-state index is 0.0553. The highest BCUT2D eigenvalue weighted by Crippen LogP contribution is 2.48. The molecule has 11 heteroatoms. The Bertz CT molecular complexity index is 2420. The van der Waals surface area contributed by atoms with Crippen molar-refractivity contribution in [1.29, 1.82) is 0 Å². The second-order valence-electron chi connectivity index (χ2n) is 16.7. The topological polar surface area (TPSA) is 123 Å². The number of para-hydroxylation sites is 1. The number of anilines is 2. The van der Waals surface area contributed by atoms with Gasteiger partial charge in [0, 0.05) is 60.1 Å². The van der Waals surface area contributed by atoms with Crippen molar-refractivity contribution in [2.24, 2.45) is 12.5 Å². The first-order chi connectivity index (χ1) is 25.7. The van der Waals surface area contributed by atoms with Crippen molar-refractivity contribution in [2.45, 2.75) is 92.5 Å². The maximum atomic E-state index is 12.6. The predicted molar refractivity (Wildman–Crippen MR) is 212 cm³/mol. The van der Waals surface area contributed by atoms with E-state index >= 15 is 0 Å². The van der Waals surface area contributed by atoms with Gasteiger partial charge in [0.1, 0.15) is 23.7 Å². The third kappa shape index (κ3) is 6.48. The fourth-order valence-electron chi connectivity index (χ4n) is 8.25. The van der Waals surface area contributed by atoms with Gasteiger partial charge in [0.05, 0.1) is 29.6 Å². The van der Waals surface area contributed by atoms with Crippen LogP contribution >= 0.6 is 0 Å². The number of ether oxygens (including phenoxy) is 1. The van der Waals surface area contributed by atoms with Crippen molar-refractivity contribution in [3.63, 3.8) is 0 Å². The van der Waals surface area contributed by atoms with Gasteiger partial charge in [-0.25, -0.2) is 9.97 Å². The smallest absolute Gasteiger partial charge is 0.307 e. The number of nitrogens with zero attached hydrogens (tertiary/aromatic N) is 7.